The van der Waals surface area contributed by atoms with Crippen molar-refractivity contribution in [3.63, 3.8) is 0 Å². The molecule has 0 spiro atoms. The highest BCUT2D eigenvalue weighted by molar-refractivity contribution is 6.36. The van der Waals surface area contributed by atoms with Gasteiger partial charge >= 0.3 is 0 Å². The number of carbonyl (C=O) groups excluding carboxylic acids is 1. The van der Waals surface area contributed by atoms with Gasteiger partial charge in [-0.15, -0.1) is 0 Å². The molecule has 0 fully saturated rings. The Bertz CT molecular complexity index is 1650. The third-order valence-electron chi connectivity index (χ3n) is 7.13. The van der Waals surface area contributed by atoms with Crippen molar-refractivity contribution < 1.29 is 4.79 Å². The van der Waals surface area contributed by atoms with E-state index in [0.29, 0.717) is 17.0 Å². The first-order valence-corrected chi connectivity index (χ1v) is 15.7. The largest absolute Gasteiger partial charge is 0.324 e. The molecule has 0 aliphatic rings. The summed E-state index contributed by atoms with van der Waals surface area (Å²) in [5.74, 6) is 0.146. The summed E-state index contributed by atoms with van der Waals surface area (Å²) in [5.41, 5.74) is 14.6. The first-order chi connectivity index (χ1) is 21.6. The van der Waals surface area contributed by atoms with Crippen molar-refractivity contribution in [1.82, 2.24) is 25.0 Å². The zero-order valence-electron chi connectivity index (χ0n) is 27.9. The fraction of sp³-hybridized carbons (Fsp3) is 0.361. The molecule has 45 heavy (non-hydrogen) atoms. The van der Waals surface area contributed by atoms with Crippen LogP contribution >= 0.6 is 11.6 Å². The molecular weight excluding hydrogens is 582 g/mol. The van der Waals surface area contributed by atoms with Crippen LogP contribution in [0.1, 0.15) is 91.3 Å². The molecular formula is C36H48ClN7O. The maximum atomic E-state index is 11.0. The lowest BCUT2D eigenvalue weighted by Crippen LogP contribution is -2.09. The van der Waals surface area contributed by atoms with Gasteiger partial charge in [-0.25, -0.2) is 0 Å². The molecule has 1 atom stereocenters. The van der Waals surface area contributed by atoms with E-state index in [-0.39, 0.29) is 11.8 Å². The molecule has 1 unspecified atom stereocenters. The number of aliphatic imine (C=N–C) groups is 1. The number of Topliss-reactive ketones (excluding diaryl/α,β-unsaturated/α-hetero) is 1. The number of hydrogen-bond donors (Lipinski definition) is 2. The van der Waals surface area contributed by atoms with E-state index in [4.69, 9.17) is 17.3 Å². The molecule has 3 heterocycles. The highest BCUT2D eigenvalue weighted by atomic mass is 35.5. The van der Waals surface area contributed by atoms with Crippen LogP contribution < -0.4 is 5.73 Å². The van der Waals surface area contributed by atoms with Gasteiger partial charge in [0.05, 0.1) is 28.5 Å². The highest BCUT2D eigenvalue weighted by Gasteiger charge is 2.11. The second kappa shape index (κ2) is 19.3. The average Bonchev–Trinajstić information content (AvgIpc) is 3.71. The molecule has 0 saturated heterocycles. The number of nitrogens with one attached hydrogen (secondary N) is 1. The van der Waals surface area contributed by atoms with Crippen molar-refractivity contribution in [2.24, 2.45) is 17.8 Å². The smallest absolute Gasteiger partial charge is 0.165 e. The SMILES string of the molecule is CCC(=O)c1cnn(C)c1.CCC(N)c1ccc2[nH]ncc2c1Cl.CCCc1cccc(C)c1.CN=C(C)c1cccnc1C. The minimum absolute atomic E-state index is 0.00167. The number of fused-ring (bicyclic) bond motifs is 1. The lowest BCUT2D eigenvalue weighted by atomic mass is 10.0. The molecule has 0 aliphatic carbocycles. The summed E-state index contributed by atoms with van der Waals surface area (Å²) in [6.45, 7) is 12.2. The van der Waals surface area contributed by atoms with Gasteiger partial charge in [-0.3, -0.25) is 24.6 Å². The van der Waals surface area contributed by atoms with Crippen LogP contribution in [0.5, 0.6) is 0 Å². The Kier molecular flexibility index (Phi) is 15.9. The van der Waals surface area contributed by atoms with Crippen LogP contribution in [0.2, 0.25) is 5.02 Å². The van der Waals surface area contributed by atoms with Gasteiger partial charge in [0.2, 0.25) is 0 Å². The number of nitrogens with zero attached hydrogens (tertiary/aromatic N) is 5. The molecule has 9 heteroatoms. The number of aryl methyl sites for hydroxylation is 4. The van der Waals surface area contributed by atoms with Gasteiger partial charge in [0, 0.05) is 61.3 Å². The van der Waals surface area contributed by atoms with E-state index in [2.05, 4.69) is 63.4 Å². The number of benzene rings is 2. The fourth-order valence-electron chi connectivity index (χ4n) is 4.42. The van der Waals surface area contributed by atoms with E-state index in [9.17, 15) is 4.79 Å². The maximum Gasteiger partial charge on any atom is 0.165 e. The third-order valence-corrected chi connectivity index (χ3v) is 7.55. The summed E-state index contributed by atoms with van der Waals surface area (Å²) in [6.07, 6.45) is 10.7. The van der Waals surface area contributed by atoms with Crippen LogP contribution in [0.25, 0.3) is 10.9 Å². The maximum absolute atomic E-state index is 11.0. The van der Waals surface area contributed by atoms with E-state index < -0.39 is 0 Å². The highest BCUT2D eigenvalue weighted by Crippen LogP contribution is 2.30. The molecule has 0 aliphatic heterocycles. The number of pyridine rings is 1. The second-order valence-electron chi connectivity index (χ2n) is 10.7. The Morgan fingerprint density at radius 2 is 1.84 bits per heavy atom. The van der Waals surface area contributed by atoms with Crippen LogP contribution in [0.3, 0.4) is 0 Å². The monoisotopic (exact) mass is 629 g/mol. The van der Waals surface area contributed by atoms with E-state index in [1.807, 2.05) is 52.0 Å². The van der Waals surface area contributed by atoms with Gasteiger partial charge in [0.25, 0.3) is 0 Å². The molecule has 0 amide bonds. The van der Waals surface area contributed by atoms with E-state index >= 15 is 0 Å². The van der Waals surface area contributed by atoms with Crippen molar-refractivity contribution in [2.75, 3.05) is 7.05 Å². The third kappa shape index (κ3) is 11.7. The van der Waals surface area contributed by atoms with Crippen molar-refractivity contribution in [3.05, 3.63) is 112 Å². The Labute approximate surface area is 273 Å². The van der Waals surface area contributed by atoms with Gasteiger partial charge < -0.3 is 5.73 Å². The summed E-state index contributed by atoms with van der Waals surface area (Å²) in [5, 5.41) is 12.3. The van der Waals surface area contributed by atoms with Crippen molar-refractivity contribution >= 4 is 34.0 Å². The Hall–Kier alpha value is -4.14. The van der Waals surface area contributed by atoms with Gasteiger partial charge in [-0.1, -0.05) is 74.7 Å². The van der Waals surface area contributed by atoms with Crippen molar-refractivity contribution in [2.45, 2.75) is 73.3 Å². The molecule has 0 radical (unpaired) electrons. The molecule has 5 aromatic rings. The van der Waals surface area contributed by atoms with Crippen LogP contribution in [0, 0.1) is 13.8 Å². The van der Waals surface area contributed by atoms with Crippen molar-refractivity contribution in [1.29, 1.82) is 0 Å². The van der Waals surface area contributed by atoms with E-state index in [1.54, 1.807) is 43.6 Å². The van der Waals surface area contributed by atoms with E-state index in [0.717, 1.165) is 39.9 Å². The summed E-state index contributed by atoms with van der Waals surface area (Å²) < 4.78 is 1.63. The lowest BCUT2D eigenvalue weighted by molar-refractivity contribution is 0.0988. The number of carbonyl (C=O) groups is 1. The van der Waals surface area contributed by atoms with Crippen LogP contribution in [0.4, 0.5) is 0 Å². The lowest BCUT2D eigenvalue weighted by Gasteiger charge is -2.11. The summed E-state index contributed by atoms with van der Waals surface area (Å²) >= 11 is 6.22. The quantitative estimate of drug-likeness (QED) is 0.138. The topological polar surface area (TPSA) is 115 Å². The molecule has 2 aromatic carbocycles. The summed E-state index contributed by atoms with van der Waals surface area (Å²) in [4.78, 5) is 19.2. The zero-order chi connectivity index (χ0) is 33.4. The van der Waals surface area contributed by atoms with E-state index in [1.165, 1.54) is 24.0 Å². The standard InChI is InChI=1S/C10H12ClN3.C10H14.C9H12N2.C7H10N2O/c1-2-8(12)6-3-4-9-7(10(6)11)5-13-14-9;1-3-5-10-7-4-6-9(2)8-10;1-7(10-3)9-5-4-6-11-8(9)2;1-3-7(10)6-4-8-9(2)5-6/h3-5,8H,2,12H2,1H3,(H,13,14);4,6-8H,3,5H2,1-2H3;4-6H,1-3H3;4-5H,3H2,1-2H3. The summed E-state index contributed by atoms with van der Waals surface area (Å²) in [7, 11) is 3.59. The average molecular weight is 630 g/mol. The van der Waals surface area contributed by atoms with Gasteiger partial charge in [-0.2, -0.15) is 10.2 Å². The number of ketones is 1. The molecule has 0 bridgehead atoms. The Morgan fingerprint density at radius 1 is 1.09 bits per heavy atom. The Balaban J connectivity index is 0.000000211. The number of aromatic amines is 1. The number of aromatic nitrogens is 5. The number of nitrogens with two attached hydrogens (primary N) is 1. The summed E-state index contributed by atoms with van der Waals surface area (Å²) in [6, 6.07) is 16.6. The first kappa shape index (κ1) is 37.0. The number of hydrogen-bond acceptors (Lipinski definition) is 6. The zero-order valence-corrected chi connectivity index (χ0v) is 28.7. The molecule has 3 N–H and O–H groups in total. The number of rotatable bonds is 7. The van der Waals surface area contributed by atoms with Crippen LogP contribution in [-0.4, -0.2) is 43.5 Å². The number of halogens is 1. The van der Waals surface area contributed by atoms with Gasteiger partial charge in [0.1, 0.15) is 0 Å². The fourth-order valence-corrected chi connectivity index (χ4v) is 4.77. The van der Waals surface area contributed by atoms with Gasteiger partial charge in [-0.05, 0) is 62.9 Å². The first-order valence-electron chi connectivity index (χ1n) is 15.4. The second-order valence-corrected chi connectivity index (χ2v) is 11.1. The number of H-pyrrole nitrogens is 1. The molecule has 8 nitrogen and oxygen atoms in total. The minimum atomic E-state index is 0.00167. The van der Waals surface area contributed by atoms with Crippen molar-refractivity contribution in [3.8, 4) is 0 Å². The molecule has 3 aromatic heterocycles. The molecule has 0 saturated carbocycles. The predicted molar refractivity (Wildman–Crippen MR) is 188 cm³/mol. The predicted octanol–water partition coefficient (Wildman–Crippen LogP) is 8.42. The molecule has 240 valence electrons. The normalized spacial score (nSPS) is 11.4. The minimum Gasteiger partial charge on any atom is -0.324 e. The van der Waals surface area contributed by atoms with Crippen LogP contribution in [0.15, 0.2) is 78.3 Å². The van der Waals surface area contributed by atoms with Gasteiger partial charge in [0.15, 0.2) is 5.78 Å². The Morgan fingerprint density at radius 3 is 2.42 bits per heavy atom. The molecule has 5 rings (SSSR count). The van der Waals surface area contributed by atoms with Crippen LogP contribution in [-0.2, 0) is 13.5 Å².